The predicted octanol–water partition coefficient (Wildman–Crippen LogP) is 2.58. The van der Waals surface area contributed by atoms with Crippen LogP contribution in [0.1, 0.15) is 57.9 Å². The molecule has 0 radical (unpaired) electrons. The highest BCUT2D eigenvalue weighted by Crippen LogP contribution is 2.51. The van der Waals surface area contributed by atoms with Crippen molar-refractivity contribution in [1.29, 1.82) is 0 Å². The molecule has 2 heterocycles. The van der Waals surface area contributed by atoms with Gasteiger partial charge in [0.25, 0.3) is 0 Å². The Morgan fingerprint density at radius 2 is 1.93 bits per heavy atom. The number of benzene rings is 1. The third-order valence-electron chi connectivity index (χ3n) is 7.28. The van der Waals surface area contributed by atoms with E-state index in [1.165, 1.54) is 0 Å². The molecular formula is C22H34N4O2. The fourth-order valence-electron chi connectivity index (χ4n) is 6.00. The van der Waals surface area contributed by atoms with Gasteiger partial charge in [-0.25, -0.2) is 5.84 Å². The van der Waals surface area contributed by atoms with E-state index in [1.807, 2.05) is 25.1 Å². The molecule has 1 aromatic carbocycles. The van der Waals surface area contributed by atoms with E-state index in [4.69, 9.17) is 11.6 Å². The van der Waals surface area contributed by atoms with Gasteiger partial charge in [0, 0.05) is 18.5 Å². The first-order valence-electron chi connectivity index (χ1n) is 10.6. The Morgan fingerprint density at radius 1 is 1.29 bits per heavy atom. The van der Waals surface area contributed by atoms with E-state index in [-0.39, 0.29) is 30.0 Å². The maximum atomic E-state index is 13.4. The molecule has 2 saturated carbocycles. The molecule has 1 aromatic rings. The lowest BCUT2D eigenvalue weighted by Crippen LogP contribution is -2.66. The number of hydrogen-bond acceptors (Lipinski definition) is 5. The van der Waals surface area contributed by atoms with E-state index in [9.17, 15) is 9.90 Å². The number of anilines is 2. The lowest BCUT2D eigenvalue weighted by Gasteiger charge is -2.60. The van der Waals surface area contributed by atoms with Gasteiger partial charge in [-0.2, -0.15) is 0 Å². The van der Waals surface area contributed by atoms with Gasteiger partial charge in [0.05, 0.1) is 23.0 Å². The van der Waals surface area contributed by atoms with Gasteiger partial charge >= 0.3 is 0 Å². The number of hydrazine groups is 1. The zero-order valence-electron chi connectivity index (χ0n) is 17.3. The molecule has 28 heavy (non-hydrogen) atoms. The van der Waals surface area contributed by atoms with Crippen molar-refractivity contribution in [1.82, 2.24) is 4.90 Å². The van der Waals surface area contributed by atoms with Gasteiger partial charge in [-0.1, -0.05) is 26.0 Å². The quantitative estimate of drug-likeness (QED) is 0.411. The number of hydrogen-bond donors (Lipinski definition) is 3. The summed E-state index contributed by atoms with van der Waals surface area (Å²) in [5.41, 5.74) is 8.15. The average molecular weight is 387 g/mol. The number of aryl methyl sites for hydroxylation is 1. The summed E-state index contributed by atoms with van der Waals surface area (Å²) in [5, 5.41) is 12.5. The number of aliphatic hydroxyl groups is 1. The van der Waals surface area contributed by atoms with Crippen LogP contribution in [0, 0.1) is 18.8 Å². The summed E-state index contributed by atoms with van der Waals surface area (Å²) in [4.78, 5) is 15.5. The fraction of sp³-hybridized carbons (Fsp3) is 0.682. The number of amides is 1. The van der Waals surface area contributed by atoms with Crippen LogP contribution < -0.4 is 16.6 Å². The zero-order chi connectivity index (χ0) is 20.2. The molecule has 2 saturated heterocycles. The van der Waals surface area contributed by atoms with Gasteiger partial charge in [0.15, 0.2) is 0 Å². The highest BCUT2D eigenvalue weighted by molar-refractivity contribution is 5.79. The van der Waals surface area contributed by atoms with Crippen LogP contribution in [0.5, 0.6) is 0 Å². The summed E-state index contributed by atoms with van der Waals surface area (Å²) in [6.45, 7) is 6.16. The molecule has 2 aliphatic carbocycles. The second kappa shape index (κ2) is 6.92. The molecule has 0 aromatic heterocycles. The Morgan fingerprint density at radius 3 is 2.50 bits per heavy atom. The number of piperidine rings is 2. The summed E-state index contributed by atoms with van der Waals surface area (Å²) < 4.78 is 0. The fourth-order valence-corrected chi connectivity index (χ4v) is 6.00. The normalized spacial score (nSPS) is 32.1. The van der Waals surface area contributed by atoms with Crippen molar-refractivity contribution < 1.29 is 9.90 Å². The van der Waals surface area contributed by atoms with E-state index in [2.05, 4.69) is 18.7 Å². The number of rotatable bonds is 5. The molecule has 5 rings (SSSR count). The molecule has 6 heteroatoms. The SMILES string of the molecule is Cc1cccc(N(N)C(CC(=O)N2C3CC4CC2CC(O)(C4)C3)C(C)C)c1N. The van der Waals surface area contributed by atoms with Gasteiger partial charge in [0.1, 0.15) is 0 Å². The van der Waals surface area contributed by atoms with Crippen LogP contribution >= 0.6 is 0 Å². The highest BCUT2D eigenvalue weighted by Gasteiger charge is 2.55. The van der Waals surface area contributed by atoms with Crippen LogP contribution in [0.2, 0.25) is 0 Å². The number of para-hydroxylation sites is 1. The van der Waals surface area contributed by atoms with Crippen molar-refractivity contribution >= 4 is 17.3 Å². The van der Waals surface area contributed by atoms with Crippen molar-refractivity contribution in [3.63, 3.8) is 0 Å². The summed E-state index contributed by atoms with van der Waals surface area (Å²) in [5.74, 6) is 7.44. The van der Waals surface area contributed by atoms with Gasteiger partial charge in [0.2, 0.25) is 5.91 Å². The minimum atomic E-state index is -0.541. The van der Waals surface area contributed by atoms with Gasteiger partial charge in [-0.15, -0.1) is 0 Å². The van der Waals surface area contributed by atoms with Gasteiger partial charge in [-0.3, -0.25) is 4.79 Å². The Kier molecular flexibility index (Phi) is 4.82. The molecule has 4 aliphatic rings. The topological polar surface area (TPSA) is 95.8 Å². The molecule has 1 amide bonds. The molecule has 3 atom stereocenters. The Bertz CT molecular complexity index is 749. The molecular weight excluding hydrogens is 352 g/mol. The maximum absolute atomic E-state index is 13.4. The van der Waals surface area contributed by atoms with Crippen molar-refractivity contribution in [2.75, 3.05) is 10.7 Å². The zero-order valence-corrected chi connectivity index (χ0v) is 17.3. The van der Waals surface area contributed by atoms with Crippen LogP contribution in [0.15, 0.2) is 18.2 Å². The largest absolute Gasteiger partial charge is 0.397 e. The van der Waals surface area contributed by atoms with Crippen LogP contribution in [0.3, 0.4) is 0 Å². The van der Waals surface area contributed by atoms with Crippen molar-refractivity contribution in [2.24, 2.45) is 17.7 Å². The summed E-state index contributed by atoms with van der Waals surface area (Å²) >= 11 is 0. The minimum absolute atomic E-state index is 0.128. The lowest BCUT2D eigenvalue weighted by molar-refractivity contribution is -0.175. The highest BCUT2D eigenvalue weighted by atomic mass is 16.3. The molecule has 5 N–H and O–H groups in total. The smallest absolute Gasteiger partial charge is 0.225 e. The second-order valence-corrected chi connectivity index (χ2v) is 9.71. The van der Waals surface area contributed by atoms with E-state index < -0.39 is 5.60 Å². The molecule has 3 unspecified atom stereocenters. The first kappa shape index (κ1) is 19.5. The molecule has 6 nitrogen and oxygen atoms in total. The van der Waals surface area contributed by atoms with E-state index >= 15 is 0 Å². The maximum Gasteiger partial charge on any atom is 0.225 e. The standard InChI is InChI=1S/C22H34N4O2/c1-13(2)19(26(24)18-6-4-5-14(3)21(18)23)9-20(27)25-16-7-15-8-17(25)12-22(28,10-15)11-16/h4-6,13,15-17,19,28H,7-12,23-24H2,1-3H3. The Balaban J connectivity index is 1.52. The summed E-state index contributed by atoms with van der Waals surface area (Å²) in [7, 11) is 0. The third-order valence-corrected chi connectivity index (χ3v) is 7.28. The van der Waals surface area contributed by atoms with E-state index in [1.54, 1.807) is 5.01 Å². The van der Waals surface area contributed by atoms with Gasteiger partial charge < -0.3 is 20.7 Å². The number of carbonyl (C=O) groups is 1. The predicted molar refractivity (Wildman–Crippen MR) is 111 cm³/mol. The summed E-state index contributed by atoms with van der Waals surface area (Å²) in [6, 6.07) is 6.08. The number of nitrogens with two attached hydrogens (primary N) is 2. The Labute approximate surface area is 167 Å². The van der Waals surface area contributed by atoms with Crippen LogP contribution in [0.4, 0.5) is 11.4 Å². The molecule has 2 aliphatic heterocycles. The number of nitrogen functional groups attached to an aromatic ring is 1. The van der Waals surface area contributed by atoms with Crippen molar-refractivity contribution in [2.45, 2.75) is 83.0 Å². The van der Waals surface area contributed by atoms with Crippen LogP contribution in [-0.4, -0.2) is 39.6 Å². The first-order valence-corrected chi connectivity index (χ1v) is 10.6. The second-order valence-electron chi connectivity index (χ2n) is 9.71. The molecule has 0 spiro atoms. The van der Waals surface area contributed by atoms with Gasteiger partial charge in [-0.05, 0) is 62.5 Å². The lowest BCUT2D eigenvalue weighted by atomic mass is 9.61. The monoisotopic (exact) mass is 386 g/mol. The van der Waals surface area contributed by atoms with E-state index in [0.717, 1.165) is 43.4 Å². The van der Waals surface area contributed by atoms with Crippen molar-refractivity contribution in [3.8, 4) is 0 Å². The van der Waals surface area contributed by atoms with E-state index in [0.29, 0.717) is 18.0 Å². The molecule has 154 valence electrons. The molecule has 4 bridgehead atoms. The Hall–Kier alpha value is -1.79. The van der Waals surface area contributed by atoms with Crippen LogP contribution in [0.25, 0.3) is 0 Å². The number of nitrogens with zero attached hydrogens (tertiary/aromatic N) is 2. The van der Waals surface area contributed by atoms with Crippen molar-refractivity contribution in [3.05, 3.63) is 23.8 Å². The molecule has 4 fully saturated rings. The first-order chi connectivity index (χ1) is 13.2. The summed E-state index contributed by atoms with van der Waals surface area (Å²) in [6.07, 6.45) is 4.82. The third kappa shape index (κ3) is 3.26. The number of carbonyl (C=O) groups excluding carboxylic acids is 1. The minimum Gasteiger partial charge on any atom is -0.397 e. The van der Waals surface area contributed by atoms with Crippen LogP contribution in [-0.2, 0) is 4.79 Å². The average Bonchev–Trinajstić information content (AvgIpc) is 2.59.